The Hall–Kier alpha value is -1.79. The van der Waals surface area contributed by atoms with Crippen molar-refractivity contribution >= 4 is 29.4 Å². The zero-order chi connectivity index (χ0) is 19.2. The monoisotopic (exact) mass is 403 g/mol. The van der Waals surface area contributed by atoms with Gasteiger partial charge in [-0.1, -0.05) is 24.3 Å². The molecule has 1 saturated heterocycles. The summed E-state index contributed by atoms with van der Waals surface area (Å²) in [7, 11) is 5.03. The molecule has 1 heterocycles. The van der Waals surface area contributed by atoms with Crippen LogP contribution < -0.4 is 9.47 Å². The Labute approximate surface area is 169 Å². The largest absolute Gasteiger partial charge is 0.493 e. The lowest BCUT2D eigenvalue weighted by Crippen LogP contribution is -2.26. The lowest BCUT2D eigenvalue weighted by atomic mass is 10.1. The SMILES string of the molecule is COc1cccc(CN(C)C(=O)c2ccc(C3SCCCS3)cc2)c1OC. The van der Waals surface area contributed by atoms with Gasteiger partial charge in [-0.2, -0.15) is 0 Å². The molecular formula is C21H25NO3S2. The third-order valence-electron chi connectivity index (χ3n) is 4.50. The third kappa shape index (κ3) is 4.74. The molecule has 6 heteroatoms. The number of carbonyl (C=O) groups excluding carboxylic acids is 1. The lowest BCUT2D eigenvalue weighted by Gasteiger charge is -2.22. The van der Waals surface area contributed by atoms with Crippen molar-refractivity contribution in [2.24, 2.45) is 0 Å². The predicted octanol–water partition coefficient (Wildman–Crippen LogP) is 4.84. The van der Waals surface area contributed by atoms with Crippen LogP contribution in [0.15, 0.2) is 42.5 Å². The summed E-state index contributed by atoms with van der Waals surface area (Å²) >= 11 is 3.98. The van der Waals surface area contributed by atoms with Crippen molar-refractivity contribution in [2.75, 3.05) is 32.8 Å². The summed E-state index contributed by atoms with van der Waals surface area (Å²) in [5, 5.41) is 0. The van der Waals surface area contributed by atoms with Gasteiger partial charge in [0.1, 0.15) is 0 Å². The quantitative estimate of drug-likeness (QED) is 0.690. The second-order valence-corrected chi connectivity index (χ2v) is 9.09. The maximum Gasteiger partial charge on any atom is 0.253 e. The number of hydrogen-bond donors (Lipinski definition) is 0. The Morgan fingerprint density at radius 2 is 1.78 bits per heavy atom. The molecule has 27 heavy (non-hydrogen) atoms. The fourth-order valence-corrected chi connectivity index (χ4v) is 5.98. The van der Waals surface area contributed by atoms with Gasteiger partial charge in [0.2, 0.25) is 0 Å². The maximum absolute atomic E-state index is 12.8. The molecule has 3 rings (SSSR count). The van der Waals surface area contributed by atoms with E-state index in [4.69, 9.17) is 9.47 Å². The van der Waals surface area contributed by atoms with Gasteiger partial charge in [0.25, 0.3) is 5.91 Å². The van der Waals surface area contributed by atoms with Crippen LogP contribution in [0.5, 0.6) is 11.5 Å². The van der Waals surface area contributed by atoms with E-state index in [2.05, 4.69) is 12.1 Å². The van der Waals surface area contributed by atoms with Gasteiger partial charge in [-0.3, -0.25) is 4.79 Å². The Kier molecular flexibility index (Phi) is 6.96. The number of hydrogen-bond acceptors (Lipinski definition) is 5. The molecule has 0 unspecified atom stereocenters. The van der Waals surface area contributed by atoms with Crippen LogP contribution in [0.4, 0.5) is 0 Å². The second-order valence-electron chi connectivity index (χ2n) is 6.36. The van der Waals surface area contributed by atoms with Crippen LogP contribution in [0.2, 0.25) is 0 Å². The van der Waals surface area contributed by atoms with Gasteiger partial charge < -0.3 is 14.4 Å². The number of ether oxygens (including phenoxy) is 2. The summed E-state index contributed by atoms with van der Waals surface area (Å²) in [6.07, 6.45) is 1.28. The van der Waals surface area contributed by atoms with Crippen molar-refractivity contribution in [1.29, 1.82) is 0 Å². The zero-order valence-electron chi connectivity index (χ0n) is 15.9. The average Bonchev–Trinajstić information content (AvgIpc) is 2.73. The standard InChI is InChI=1S/C21H25NO3S2/c1-22(14-17-6-4-7-18(24-2)19(17)25-3)20(23)15-8-10-16(11-9-15)21-26-12-5-13-27-21/h4,6-11,21H,5,12-14H2,1-3H3. The van der Waals surface area contributed by atoms with Crippen LogP contribution in [0.1, 0.15) is 32.5 Å². The normalized spacial score (nSPS) is 14.6. The minimum atomic E-state index is -0.00428. The van der Waals surface area contributed by atoms with E-state index in [0.717, 1.165) is 5.56 Å². The number of amides is 1. The highest BCUT2D eigenvalue weighted by Crippen LogP contribution is 2.43. The van der Waals surface area contributed by atoms with Crippen molar-refractivity contribution in [1.82, 2.24) is 4.90 Å². The van der Waals surface area contributed by atoms with Gasteiger partial charge in [-0.05, 0) is 41.7 Å². The van der Waals surface area contributed by atoms with Gasteiger partial charge in [0.05, 0.1) is 18.8 Å². The van der Waals surface area contributed by atoms with E-state index >= 15 is 0 Å². The maximum atomic E-state index is 12.8. The van der Waals surface area contributed by atoms with Gasteiger partial charge in [-0.25, -0.2) is 0 Å². The molecule has 2 aromatic carbocycles. The summed E-state index contributed by atoms with van der Waals surface area (Å²) in [6, 6.07) is 13.8. The molecule has 144 valence electrons. The van der Waals surface area contributed by atoms with Crippen LogP contribution in [-0.2, 0) is 6.54 Å². The molecule has 0 spiro atoms. The van der Waals surface area contributed by atoms with Crippen LogP contribution in [-0.4, -0.2) is 43.6 Å². The number of carbonyl (C=O) groups is 1. The molecule has 2 aromatic rings. The molecule has 0 bridgehead atoms. The number of rotatable bonds is 6. The van der Waals surface area contributed by atoms with Gasteiger partial charge >= 0.3 is 0 Å². The second kappa shape index (κ2) is 9.42. The van der Waals surface area contributed by atoms with Gasteiger partial charge in [0, 0.05) is 24.7 Å². The summed E-state index contributed by atoms with van der Waals surface area (Å²) in [5.41, 5.74) is 2.91. The van der Waals surface area contributed by atoms with E-state index in [1.807, 2.05) is 60.9 Å². The summed E-state index contributed by atoms with van der Waals surface area (Å²) in [6.45, 7) is 0.454. The van der Waals surface area contributed by atoms with Crippen LogP contribution >= 0.6 is 23.5 Å². The summed E-state index contributed by atoms with van der Waals surface area (Å²) in [4.78, 5) is 14.5. The van der Waals surface area contributed by atoms with E-state index in [9.17, 15) is 4.79 Å². The van der Waals surface area contributed by atoms with Crippen molar-refractivity contribution in [3.8, 4) is 11.5 Å². The van der Waals surface area contributed by atoms with E-state index in [-0.39, 0.29) is 5.91 Å². The van der Waals surface area contributed by atoms with Gasteiger partial charge in [0.15, 0.2) is 11.5 Å². The minimum Gasteiger partial charge on any atom is -0.493 e. The van der Waals surface area contributed by atoms with Crippen molar-refractivity contribution in [2.45, 2.75) is 17.5 Å². The Morgan fingerprint density at radius 1 is 1.07 bits per heavy atom. The number of benzene rings is 2. The Balaban J connectivity index is 1.70. The molecule has 1 fully saturated rings. The Bertz CT molecular complexity index is 773. The third-order valence-corrected chi connectivity index (χ3v) is 7.51. The molecule has 0 radical (unpaired) electrons. The van der Waals surface area contributed by atoms with Crippen LogP contribution in [0.3, 0.4) is 0 Å². The first kappa shape index (κ1) is 20.0. The number of para-hydroxylation sites is 1. The summed E-state index contributed by atoms with van der Waals surface area (Å²) < 4.78 is 11.3. The minimum absolute atomic E-state index is 0.00428. The fourth-order valence-electron chi connectivity index (χ4n) is 3.09. The van der Waals surface area contributed by atoms with Crippen LogP contribution in [0, 0.1) is 0 Å². The summed E-state index contributed by atoms with van der Waals surface area (Å²) in [5.74, 6) is 3.76. The molecule has 4 nitrogen and oxygen atoms in total. The average molecular weight is 404 g/mol. The predicted molar refractivity (Wildman–Crippen MR) is 114 cm³/mol. The van der Waals surface area contributed by atoms with E-state index in [0.29, 0.717) is 28.2 Å². The fraction of sp³-hybridized carbons (Fsp3) is 0.381. The van der Waals surface area contributed by atoms with E-state index in [1.165, 1.54) is 23.5 Å². The van der Waals surface area contributed by atoms with E-state index < -0.39 is 0 Å². The first-order valence-electron chi connectivity index (χ1n) is 8.92. The van der Waals surface area contributed by atoms with Crippen LogP contribution in [0.25, 0.3) is 0 Å². The molecule has 0 aromatic heterocycles. The first-order chi connectivity index (χ1) is 13.1. The highest BCUT2D eigenvalue weighted by molar-refractivity contribution is 8.16. The number of thioether (sulfide) groups is 2. The van der Waals surface area contributed by atoms with Gasteiger partial charge in [-0.15, -0.1) is 23.5 Å². The van der Waals surface area contributed by atoms with E-state index in [1.54, 1.807) is 19.1 Å². The zero-order valence-corrected chi connectivity index (χ0v) is 17.6. The highest BCUT2D eigenvalue weighted by Gasteiger charge is 2.19. The lowest BCUT2D eigenvalue weighted by molar-refractivity contribution is 0.0784. The highest BCUT2D eigenvalue weighted by atomic mass is 32.2. The molecule has 0 atom stereocenters. The number of nitrogens with zero attached hydrogens (tertiary/aromatic N) is 1. The molecule has 1 aliphatic heterocycles. The first-order valence-corrected chi connectivity index (χ1v) is 11.0. The van der Waals surface area contributed by atoms with Crippen molar-refractivity contribution in [3.63, 3.8) is 0 Å². The van der Waals surface area contributed by atoms with Crippen molar-refractivity contribution < 1.29 is 14.3 Å². The molecular weight excluding hydrogens is 378 g/mol. The molecule has 1 amide bonds. The molecule has 0 N–H and O–H groups in total. The van der Waals surface area contributed by atoms with Crippen molar-refractivity contribution in [3.05, 3.63) is 59.2 Å². The smallest absolute Gasteiger partial charge is 0.253 e. The number of methoxy groups -OCH3 is 2. The Morgan fingerprint density at radius 3 is 2.41 bits per heavy atom. The molecule has 0 aliphatic carbocycles. The molecule has 0 saturated carbocycles. The topological polar surface area (TPSA) is 38.8 Å². The molecule has 1 aliphatic rings.